The fourth-order valence-electron chi connectivity index (χ4n) is 2.49. The fraction of sp³-hybridized carbons (Fsp3) is 0.176. The molecule has 22 heavy (non-hydrogen) atoms. The normalized spacial score (nSPS) is 14.2. The predicted octanol–water partition coefficient (Wildman–Crippen LogP) is 3.20. The zero-order chi connectivity index (χ0) is 15.5. The molecule has 4 nitrogen and oxygen atoms in total. The molecule has 0 saturated carbocycles. The topological polar surface area (TPSA) is 49.4 Å². The van der Waals surface area contributed by atoms with Gasteiger partial charge in [-0.1, -0.05) is 18.2 Å². The first-order chi connectivity index (χ1) is 10.6. The minimum atomic E-state index is -0.465. The lowest BCUT2D eigenvalue weighted by Crippen LogP contribution is -2.25. The van der Waals surface area contributed by atoms with Crippen molar-refractivity contribution in [3.63, 3.8) is 0 Å². The first kappa shape index (κ1) is 14.3. The van der Waals surface area contributed by atoms with Gasteiger partial charge in [0.15, 0.2) is 0 Å². The van der Waals surface area contributed by atoms with Gasteiger partial charge in [-0.05, 0) is 36.8 Å². The van der Waals surface area contributed by atoms with Crippen molar-refractivity contribution in [2.24, 2.45) is 0 Å². The second-order valence-electron chi connectivity index (χ2n) is 5.14. The number of rotatable bonds is 3. The third kappa shape index (κ3) is 2.83. The van der Waals surface area contributed by atoms with Gasteiger partial charge in [-0.15, -0.1) is 0 Å². The monoisotopic (exact) mass is 298 g/mol. The van der Waals surface area contributed by atoms with Crippen molar-refractivity contribution in [2.75, 3.05) is 16.8 Å². The third-order valence-corrected chi connectivity index (χ3v) is 3.60. The van der Waals surface area contributed by atoms with Crippen molar-refractivity contribution in [1.29, 1.82) is 0 Å². The van der Waals surface area contributed by atoms with E-state index in [4.69, 9.17) is 0 Å². The maximum absolute atomic E-state index is 13.9. The molecule has 0 aliphatic carbocycles. The summed E-state index contributed by atoms with van der Waals surface area (Å²) in [5.74, 6) is -0.829. The molecule has 0 atom stereocenters. The number of nitrogens with zero attached hydrogens (tertiary/aromatic N) is 1. The van der Waals surface area contributed by atoms with Crippen LogP contribution in [0, 0.1) is 5.82 Å². The fourth-order valence-corrected chi connectivity index (χ4v) is 2.49. The smallest absolute Gasteiger partial charge is 0.255 e. The summed E-state index contributed by atoms with van der Waals surface area (Å²) < 4.78 is 13.9. The number of carbonyl (C=O) groups excluding carboxylic acids is 2. The summed E-state index contributed by atoms with van der Waals surface area (Å²) >= 11 is 0. The summed E-state index contributed by atoms with van der Waals surface area (Å²) in [5.41, 5.74) is 1.20. The molecule has 0 aromatic heterocycles. The van der Waals surface area contributed by atoms with E-state index in [1.807, 2.05) is 6.07 Å². The molecule has 1 N–H and O–H groups in total. The van der Waals surface area contributed by atoms with Crippen LogP contribution in [0.4, 0.5) is 15.8 Å². The van der Waals surface area contributed by atoms with Crippen LogP contribution < -0.4 is 10.2 Å². The lowest BCUT2D eigenvalue weighted by molar-refractivity contribution is -0.117. The predicted molar refractivity (Wildman–Crippen MR) is 82.4 cm³/mol. The van der Waals surface area contributed by atoms with E-state index in [2.05, 4.69) is 5.32 Å². The lowest BCUT2D eigenvalue weighted by Gasteiger charge is -2.17. The molecule has 1 aliphatic heterocycles. The Hall–Kier alpha value is -2.69. The summed E-state index contributed by atoms with van der Waals surface area (Å²) in [7, 11) is 0. The van der Waals surface area contributed by atoms with Gasteiger partial charge in [0.1, 0.15) is 5.82 Å². The van der Waals surface area contributed by atoms with Crippen LogP contribution in [0.2, 0.25) is 0 Å². The molecule has 5 heteroatoms. The quantitative estimate of drug-likeness (QED) is 0.946. The zero-order valence-corrected chi connectivity index (χ0v) is 11.9. The Balaban J connectivity index is 1.83. The van der Waals surface area contributed by atoms with Crippen molar-refractivity contribution < 1.29 is 14.0 Å². The maximum Gasteiger partial charge on any atom is 0.255 e. The molecule has 0 bridgehead atoms. The number of hydrogen-bond acceptors (Lipinski definition) is 2. The molecule has 2 amide bonds. The molecular formula is C17H15FN2O2. The first-order valence-electron chi connectivity index (χ1n) is 7.11. The standard InChI is InChI=1S/C17H15FN2O2/c18-14-9-8-13(11-15(14)20-10-4-7-16(20)21)19-17(22)12-5-2-1-3-6-12/h1-3,5-6,8-9,11H,4,7,10H2,(H,19,22). The molecule has 0 unspecified atom stereocenters. The minimum absolute atomic E-state index is 0.0922. The lowest BCUT2D eigenvalue weighted by atomic mass is 10.2. The van der Waals surface area contributed by atoms with E-state index in [0.717, 1.165) is 6.42 Å². The number of amides is 2. The maximum atomic E-state index is 13.9. The van der Waals surface area contributed by atoms with E-state index in [1.165, 1.54) is 23.1 Å². The molecule has 1 heterocycles. The molecule has 0 radical (unpaired) electrons. The summed E-state index contributed by atoms with van der Waals surface area (Å²) in [6.45, 7) is 0.506. The van der Waals surface area contributed by atoms with Crippen LogP contribution in [0.3, 0.4) is 0 Å². The van der Waals surface area contributed by atoms with Gasteiger partial charge in [0.05, 0.1) is 5.69 Å². The summed E-state index contributed by atoms with van der Waals surface area (Å²) in [6, 6.07) is 13.0. The van der Waals surface area contributed by atoms with E-state index in [-0.39, 0.29) is 17.5 Å². The van der Waals surface area contributed by atoms with Crippen LogP contribution in [0.1, 0.15) is 23.2 Å². The van der Waals surface area contributed by atoms with E-state index in [9.17, 15) is 14.0 Å². The second-order valence-corrected chi connectivity index (χ2v) is 5.14. The second kappa shape index (κ2) is 5.97. The summed E-state index contributed by atoms with van der Waals surface area (Å²) in [5, 5.41) is 2.72. The Morgan fingerprint density at radius 2 is 1.91 bits per heavy atom. The number of hydrogen-bond donors (Lipinski definition) is 1. The number of halogens is 1. The Morgan fingerprint density at radius 3 is 2.59 bits per heavy atom. The van der Waals surface area contributed by atoms with Gasteiger partial charge in [0.2, 0.25) is 5.91 Å². The molecule has 2 aromatic carbocycles. The Bertz CT molecular complexity index is 716. The van der Waals surface area contributed by atoms with E-state index in [1.54, 1.807) is 24.3 Å². The SMILES string of the molecule is O=C(Nc1ccc(F)c(N2CCCC2=O)c1)c1ccccc1. The van der Waals surface area contributed by atoms with Crippen molar-refractivity contribution in [3.05, 3.63) is 59.9 Å². The molecule has 1 fully saturated rings. The van der Waals surface area contributed by atoms with Gasteiger partial charge in [-0.25, -0.2) is 4.39 Å². The number of benzene rings is 2. The van der Waals surface area contributed by atoms with Crippen LogP contribution in [-0.2, 0) is 4.79 Å². The van der Waals surface area contributed by atoms with Gasteiger partial charge in [-0.3, -0.25) is 9.59 Å². The molecule has 1 aliphatic rings. The number of anilines is 2. The molecule has 1 saturated heterocycles. The van der Waals surface area contributed by atoms with Crippen LogP contribution in [0.5, 0.6) is 0 Å². The largest absolute Gasteiger partial charge is 0.322 e. The van der Waals surface area contributed by atoms with Crippen molar-refractivity contribution >= 4 is 23.2 Å². The van der Waals surface area contributed by atoms with Crippen LogP contribution in [-0.4, -0.2) is 18.4 Å². The molecule has 3 rings (SSSR count). The van der Waals surface area contributed by atoms with E-state index >= 15 is 0 Å². The first-order valence-corrected chi connectivity index (χ1v) is 7.11. The van der Waals surface area contributed by atoms with Crippen LogP contribution in [0.25, 0.3) is 0 Å². The Morgan fingerprint density at radius 1 is 1.14 bits per heavy atom. The highest BCUT2D eigenvalue weighted by atomic mass is 19.1. The van der Waals surface area contributed by atoms with Gasteiger partial charge < -0.3 is 10.2 Å². The molecular weight excluding hydrogens is 283 g/mol. The summed E-state index contributed by atoms with van der Waals surface area (Å²) in [6.07, 6.45) is 1.15. The Kier molecular flexibility index (Phi) is 3.87. The van der Waals surface area contributed by atoms with Crippen molar-refractivity contribution in [3.8, 4) is 0 Å². The van der Waals surface area contributed by atoms with Crippen LogP contribution in [0.15, 0.2) is 48.5 Å². The molecule has 0 spiro atoms. The summed E-state index contributed by atoms with van der Waals surface area (Å²) in [4.78, 5) is 25.3. The zero-order valence-electron chi connectivity index (χ0n) is 11.9. The van der Waals surface area contributed by atoms with Gasteiger partial charge in [-0.2, -0.15) is 0 Å². The Labute approximate surface area is 127 Å². The van der Waals surface area contributed by atoms with E-state index < -0.39 is 5.82 Å². The van der Waals surface area contributed by atoms with Gasteiger partial charge in [0.25, 0.3) is 5.91 Å². The molecule has 112 valence electrons. The highest BCUT2D eigenvalue weighted by Gasteiger charge is 2.24. The third-order valence-electron chi connectivity index (χ3n) is 3.60. The van der Waals surface area contributed by atoms with Gasteiger partial charge in [0, 0.05) is 24.2 Å². The van der Waals surface area contributed by atoms with Crippen molar-refractivity contribution in [1.82, 2.24) is 0 Å². The highest BCUT2D eigenvalue weighted by molar-refractivity contribution is 6.04. The highest BCUT2D eigenvalue weighted by Crippen LogP contribution is 2.27. The van der Waals surface area contributed by atoms with Crippen molar-refractivity contribution in [2.45, 2.75) is 12.8 Å². The van der Waals surface area contributed by atoms with Crippen LogP contribution >= 0.6 is 0 Å². The van der Waals surface area contributed by atoms with Gasteiger partial charge >= 0.3 is 0 Å². The number of nitrogens with one attached hydrogen (secondary N) is 1. The minimum Gasteiger partial charge on any atom is -0.322 e. The van der Waals surface area contributed by atoms with E-state index in [0.29, 0.717) is 24.2 Å². The molecule has 2 aromatic rings. The average Bonchev–Trinajstić information content (AvgIpc) is 2.96. The number of carbonyl (C=O) groups is 2. The average molecular weight is 298 g/mol.